The molecule has 0 aliphatic rings. The Morgan fingerprint density at radius 1 is 1.29 bits per heavy atom. The quantitative estimate of drug-likeness (QED) is 0.682. The number of carbonyl (C=O) groups excluding carboxylic acids is 2. The van der Waals surface area contributed by atoms with Gasteiger partial charge >= 0.3 is 0 Å². The van der Waals surface area contributed by atoms with Gasteiger partial charge < -0.3 is 9.84 Å². The number of carbonyl (C=O) groups is 2. The predicted molar refractivity (Wildman–Crippen MR) is 86.5 cm³/mol. The average molecular weight is 372 g/mol. The minimum absolute atomic E-state index is 0.0458. The van der Waals surface area contributed by atoms with Crippen LogP contribution in [0, 0.1) is 0 Å². The van der Waals surface area contributed by atoms with Gasteiger partial charge in [-0.25, -0.2) is 8.42 Å². The number of thiophene rings is 1. The van der Waals surface area contributed by atoms with E-state index in [0.717, 1.165) is 11.8 Å². The summed E-state index contributed by atoms with van der Waals surface area (Å²) in [6.07, 6.45) is 1.16. The van der Waals surface area contributed by atoms with Crippen LogP contribution in [0.1, 0.15) is 18.7 Å². The average Bonchev–Trinajstić information content (AvgIpc) is 3.14. The van der Waals surface area contributed by atoms with Crippen LogP contribution in [-0.2, 0) is 26.0 Å². The number of rotatable bonds is 8. The number of hydrogen-bond acceptors (Lipinski definition) is 8. The second-order valence-corrected chi connectivity index (χ2v) is 7.45. The lowest BCUT2D eigenvalue weighted by molar-refractivity contribution is -0.121. The summed E-state index contributed by atoms with van der Waals surface area (Å²) in [5, 5.41) is 10.1. The Morgan fingerprint density at radius 3 is 2.75 bits per heavy atom. The summed E-state index contributed by atoms with van der Waals surface area (Å²) in [5.74, 6) is -0.141. The molecule has 0 aliphatic heterocycles. The zero-order valence-corrected chi connectivity index (χ0v) is 14.4. The molecule has 0 spiro atoms. The molecule has 9 nitrogen and oxygen atoms in total. The van der Waals surface area contributed by atoms with Crippen LogP contribution in [0.3, 0.4) is 0 Å². The molecule has 0 aliphatic carbocycles. The monoisotopic (exact) mass is 372 g/mol. The Balaban J connectivity index is 1.69. The van der Waals surface area contributed by atoms with Crippen molar-refractivity contribution in [2.45, 2.75) is 19.3 Å². The van der Waals surface area contributed by atoms with E-state index in [0.29, 0.717) is 11.7 Å². The molecule has 24 heavy (non-hydrogen) atoms. The maximum atomic E-state index is 11.7. The molecule has 0 saturated heterocycles. The van der Waals surface area contributed by atoms with Crippen LogP contribution >= 0.6 is 11.3 Å². The highest BCUT2D eigenvalue weighted by atomic mass is 32.2. The topological polar surface area (TPSA) is 131 Å². The standard InChI is InChI=1S/C13H16N4O5S2/c1-24(20,21)17-11(19)4-6-14-10(18)2-3-12-15-13(16-22-12)9-5-7-23-8-9/h5,7-8H,2-4,6H2,1H3,(H,14,18)(H,17,19). The van der Waals surface area contributed by atoms with Crippen molar-refractivity contribution in [1.82, 2.24) is 20.2 Å². The van der Waals surface area contributed by atoms with Crippen LogP contribution in [0.2, 0.25) is 0 Å². The SMILES string of the molecule is CS(=O)(=O)NC(=O)CCNC(=O)CCc1nc(-c2ccsc2)no1. The molecule has 2 rings (SSSR count). The van der Waals surface area contributed by atoms with E-state index in [1.54, 1.807) is 0 Å². The molecular weight excluding hydrogens is 356 g/mol. The molecule has 2 aromatic heterocycles. The first-order chi connectivity index (χ1) is 11.3. The molecule has 2 aromatic rings. The summed E-state index contributed by atoms with van der Waals surface area (Å²) in [5.41, 5.74) is 0.858. The van der Waals surface area contributed by atoms with Gasteiger partial charge in [0.05, 0.1) is 6.26 Å². The number of aryl methyl sites for hydroxylation is 1. The van der Waals surface area contributed by atoms with Crippen molar-refractivity contribution in [3.8, 4) is 11.4 Å². The van der Waals surface area contributed by atoms with Gasteiger partial charge in [0.25, 0.3) is 0 Å². The second-order valence-electron chi connectivity index (χ2n) is 4.92. The number of sulfonamides is 1. The van der Waals surface area contributed by atoms with E-state index in [2.05, 4.69) is 15.5 Å². The van der Waals surface area contributed by atoms with Crippen molar-refractivity contribution in [2.24, 2.45) is 0 Å². The third kappa shape index (κ3) is 6.08. The molecule has 130 valence electrons. The van der Waals surface area contributed by atoms with E-state index < -0.39 is 15.9 Å². The Labute approximate surface area is 142 Å². The lowest BCUT2D eigenvalue weighted by atomic mass is 10.3. The highest BCUT2D eigenvalue weighted by molar-refractivity contribution is 7.89. The van der Waals surface area contributed by atoms with Crippen LogP contribution in [0.4, 0.5) is 0 Å². The van der Waals surface area contributed by atoms with Gasteiger partial charge in [-0.05, 0) is 11.4 Å². The van der Waals surface area contributed by atoms with Crippen molar-refractivity contribution in [3.05, 3.63) is 22.7 Å². The van der Waals surface area contributed by atoms with E-state index in [1.165, 1.54) is 11.3 Å². The molecule has 0 atom stereocenters. The summed E-state index contributed by atoms with van der Waals surface area (Å²) in [7, 11) is -3.58. The second kappa shape index (κ2) is 8.02. The van der Waals surface area contributed by atoms with Gasteiger partial charge in [0.2, 0.25) is 33.6 Å². The third-order valence-electron chi connectivity index (χ3n) is 2.79. The Hall–Kier alpha value is -2.27. The maximum absolute atomic E-state index is 11.7. The van der Waals surface area contributed by atoms with E-state index >= 15 is 0 Å². The van der Waals surface area contributed by atoms with E-state index in [4.69, 9.17) is 4.52 Å². The summed E-state index contributed by atoms with van der Waals surface area (Å²) in [6.45, 7) is 0.0458. The van der Waals surface area contributed by atoms with Gasteiger partial charge in [0.1, 0.15) is 0 Å². The fourth-order valence-electron chi connectivity index (χ4n) is 1.75. The molecule has 2 heterocycles. The normalized spacial score (nSPS) is 11.2. The van der Waals surface area contributed by atoms with Gasteiger partial charge in [-0.2, -0.15) is 16.3 Å². The number of nitrogens with one attached hydrogen (secondary N) is 2. The van der Waals surface area contributed by atoms with Gasteiger partial charge in [0, 0.05) is 36.8 Å². The molecule has 0 radical (unpaired) electrons. The van der Waals surface area contributed by atoms with Gasteiger partial charge in [-0.1, -0.05) is 5.16 Å². The smallest absolute Gasteiger partial charge is 0.235 e. The summed E-state index contributed by atoms with van der Waals surface area (Å²) < 4.78 is 28.6. The molecule has 0 saturated carbocycles. The van der Waals surface area contributed by atoms with E-state index in [-0.39, 0.29) is 31.7 Å². The molecular formula is C13H16N4O5S2. The summed E-state index contributed by atoms with van der Waals surface area (Å²) >= 11 is 1.52. The van der Waals surface area contributed by atoms with Crippen molar-refractivity contribution < 1.29 is 22.5 Å². The number of aromatic nitrogens is 2. The predicted octanol–water partition coefficient (Wildman–Crippen LogP) is 0.313. The highest BCUT2D eigenvalue weighted by Gasteiger charge is 2.12. The molecule has 0 fully saturated rings. The molecule has 2 amide bonds. The van der Waals surface area contributed by atoms with Gasteiger partial charge in [-0.3, -0.25) is 14.3 Å². The summed E-state index contributed by atoms with van der Waals surface area (Å²) in [6, 6.07) is 1.87. The fourth-order valence-corrected chi connectivity index (χ4v) is 2.90. The largest absolute Gasteiger partial charge is 0.356 e. The molecule has 11 heteroatoms. The Morgan fingerprint density at radius 2 is 2.08 bits per heavy atom. The van der Waals surface area contributed by atoms with Gasteiger partial charge in [-0.15, -0.1) is 0 Å². The molecule has 0 bridgehead atoms. The van der Waals surface area contributed by atoms with Crippen LogP contribution in [0.25, 0.3) is 11.4 Å². The van der Waals surface area contributed by atoms with E-state index in [1.807, 2.05) is 21.5 Å². The lowest BCUT2D eigenvalue weighted by Crippen LogP contribution is -2.33. The molecule has 0 unspecified atom stereocenters. The first-order valence-electron chi connectivity index (χ1n) is 6.96. The highest BCUT2D eigenvalue weighted by Crippen LogP contribution is 2.18. The van der Waals surface area contributed by atoms with Crippen molar-refractivity contribution in [1.29, 1.82) is 0 Å². The maximum Gasteiger partial charge on any atom is 0.235 e. The van der Waals surface area contributed by atoms with Crippen molar-refractivity contribution in [2.75, 3.05) is 12.8 Å². The Kier molecular flexibility index (Phi) is 6.04. The first kappa shape index (κ1) is 18.1. The van der Waals surface area contributed by atoms with Gasteiger partial charge in [0.15, 0.2) is 0 Å². The molecule has 0 aromatic carbocycles. The van der Waals surface area contributed by atoms with E-state index in [9.17, 15) is 18.0 Å². The zero-order valence-electron chi connectivity index (χ0n) is 12.8. The fraction of sp³-hybridized carbons (Fsp3) is 0.385. The van der Waals surface area contributed by atoms with Crippen LogP contribution in [0.5, 0.6) is 0 Å². The van der Waals surface area contributed by atoms with Crippen molar-refractivity contribution >= 4 is 33.2 Å². The third-order valence-corrected chi connectivity index (χ3v) is 4.07. The number of hydrogen-bond donors (Lipinski definition) is 2. The summed E-state index contributed by atoms with van der Waals surface area (Å²) in [4.78, 5) is 27.1. The Bertz CT molecular complexity index is 798. The van der Waals surface area contributed by atoms with Crippen LogP contribution in [0.15, 0.2) is 21.3 Å². The van der Waals surface area contributed by atoms with Crippen molar-refractivity contribution in [3.63, 3.8) is 0 Å². The zero-order chi connectivity index (χ0) is 17.6. The molecule has 2 N–H and O–H groups in total. The first-order valence-corrected chi connectivity index (χ1v) is 9.79. The lowest BCUT2D eigenvalue weighted by Gasteiger charge is -2.04. The minimum Gasteiger partial charge on any atom is -0.356 e. The van der Waals surface area contributed by atoms with Crippen LogP contribution < -0.4 is 10.0 Å². The van der Waals surface area contributed by atoms with Crippen LogP contribution in [-0.4, -0.2) is 43.2 Å². The minimum atomic E-state index is -3.58. The number of amides is 2. The number of nitrogens with zero attached hydrogens (tertiary/aromatic N) is 2.